The minimum atomic E-state index is -4.41. The van der Waals surface area contributed by atoms with Crippen LogP contribution in [0.3, 0.4) is 0 Å². The second-order valence-corrected chi connectivity index (χ2v) is 10.0. The van der Waals surface area contributed by atoms with Gasteiger partial charge >= 0.3 is 6.18 Å². The number of nitrogens with one attached hydrogen (secondary N) is 1. The van der Waals surface area contributed by atoms with Crippen LogP contribution in [0.15, 0.2) is 24.3 Å². The van der Waals surface area contributed by atoms with Crippen molar-refractivity contribution in [2.75, 3.05) is 13.1 Å². The third-order valence-corrected chi connectivity index (χ3v) is 6.13. The third-order valence-electron chi connectivity index (χ3n) is 6.13. The molecule has 196 valence electrons. The van der Waals surface area contributed by atoms with E-state index in [0.717, 1.165) is 12.1 Å². The van der Waals surface area contributed by atoms with Gasteiger partial charge in [0.05, 0.1) is 17.0 Å². The van der Waals surface area contributed by atoms with Gasteiger partial charge in [-0.1, -0.05) is 20.8 Å². The fourth-order valence-electron chi connectivity index (χ4n) is 3.88. The normalized spacial score (nSPS) is 15.9. The van der Waals surface area contributed by atoms with Crippen molar-refractivity contribution in [3.63, 3.8) is 0 Å². The van der Waals surface area contributed by atoms with Crippen LogP contribution < -0.4 is 10.1 Å². The molecule has 1 aliphatic rings. The molecule has 8 nitrogen and oxygen atoms in total. The summed E-state index contributed by atoms with van der Waals surface area (Å²) in [6.07, 6.45) is -3.69. The molecule has 0 spiro atoms. The predicted molar refractivity (Wildman–Crippen MR) is 126 cm³/mol. The molecule has 0 saturated carbocycles. The summed E-state index contributed by atoms with van der Waals surface area (Å²) >= 11 is 0. The molecule has 11 heteroatoms. The number of aromatic nitrogens is 2. The monoisotopic (exact) mass is 508 g/mol. The lowest BCUT2D eigenvalue weighted by Crippen LogP contribution is -2.56. The van der Waals surface area contributed by atoms with Gasteiger partial charge in [0.2, 0.25) is 11.8 Å². The number of hydrogen-bond acceptors (Lipinski definition) is 6. The second kappa shape index (κ2) is 10.3. The average molecular weight is 509 g/mol. The number of benzene rings is 1. The largest absolute Gasteiger partial charge is 0.492 e. The molecule has 1 aromatic heterocycles. The van der Waals surface area contributed by atoms with Crippen LogP contribution in [0.4, 0.5) is 13.2 Å². The Morgan fingerprint density at radius 2 is 1.61 bits per heavy atom. The highest BCUT2D eigenvalue weighted by molar-refractivity contribution is 5.98. The highest BCUT2D eigenvalue weighted by Gasteiger charge is 2.38. The lowest BCUT2D eigenvalue weighted by Gasteiger charge is -2.38. The predicted octanol–water partition coefficient (Wildman–Crippen LogP) is 4.03. The highest BCUT2D eigenvalue weighted by Crippen LogP contribution is 2.31. The van der Waals surface area contributed by atoms with Crippen LogP contribution in [0.2, 0.25) is 0 Å². The van der Waals surface area contributed by atoms with Gasteiger partial charge in [-0.2, -0.15) is 13.2 Å². The van der Waals surface area contributed by atoms with Crippen molar-refractivity contribution in [2.45, 2.75) is 65.8 Å². The molecule has 1 atom stereocenters. The van der Waals surface area contributed by atoms with Crippen LogP contribution in [0.25, 0.3) is 0 Å². The number of ether oxygens (including phenoxy) is 1. The highest BCUT2D eigenvalue weighted by atomic mass is 19.4. The number of nitrogens with zero attached hydrogens (tertiary/aromatic N) is 3. The fraction of sp³-hybridized carbons (Fsp3) is 0.520. The molecule has 3 rings (SSSR count). The van der Waals surface area contributed by atoms with E-state index in [1.807, 2.05) is 20.8 Å². The van der Waals surface area contributed by atoms with E-state index in [2.05, 4.69) is 15.3 Å². The Balaban J connectivity index is 1.63. The van der Waals surface area contributed by atoms with Crippen LogP contribution >= 0.6 is 0 Å². The van der Waals surface area contributed by atoms with E-state index in [1.54, 1.807) is 18.7 Å². The zero-order chi connectivity index (χ0) is 26.8. The Bertz CT molecular complexity index is 1110. The molecular weight excluding hydrogens is 477 g/mol. The molecule has 0 unspecified atom stereocenters. The fourth-order valence-corrected chi connectivity index (χ4v) is 3.88. The van der Waals surface area contributed by atoms with Gasteiger partial charge in [0.25, 0.3) is 5.91 Å². The molecule has 2 heterocycles. The number of carbonyl (C=O) groups is 2. The standard InChI is InChI=1S/C25H31F3N4O4/c1-14-15(2)30-21(33)19(29-14)22(34)31-20(24(3,4)5)23(35)32-12-10-18(11-13-32)36-17-8-6-16(7-9-17)25(26,27)28/h6-9,18,20H,10-13H2,1-5H3,(H,30,33)(H,31,34)/t20-/m1/s1. The SMILES string of the molecule is Cc1nc(O)c(C(=O)N[C@H](C(=O)N2CCC(Oc3ccc(C(F)(F)F)cc3)CC2)C(C)(C)C)nc1C. The number of alkyl halides is 3. The van der Waals surface area contributed by atoms with E-state index in [9.17, 15) is 27.9 Å². The lowest BCUT2D eigenvalue weighted by molar-refractivity contribution is -0.138. The van der Waals surface area contributed by atoms with Crippen LogP contribution in [-0.2, 0) is 11.0 Å². The summed E-state index contributed by atoms with van der Waals surface area (Å²) in [7, 11) is 0. The number of halogens is 3. The maximum absolute atomic E-state index is 13.4. The first-order valence-electron chi connectivity index (χ1n) is 11.6. The molecule has 2 N–H and O–H groups in total. The minimum Gasteiger partial charge on any atom is -0.492 e. The molecule has 1 fully saturated rings. The Morgan fingerprint density at radius 3 is 2.14 bits per heavy atom. The van der Waals surface area contributed by atoms with Gasteiger partial charge in [0.1, 0.15) is 17.9 Å². The summed E-state index contributed by atoms with van der Waals surface area (Å²) in [5.74, 6) is -1.14. The average Bonchev–Trinajstić information content (AvgIpc) is 2.79. The number of hydrogen-bond donors (Lipinski definition) is 2. The van der Waals surface area contributed by atoms with Crippen LogP contribution in [0.5, 0.6) is 11.6 Å². The van der Waals surface area contributed by atoms with Gasteiger partial charge < -0.3 is 20.1 Å². The number of likely N-dealkylation sites (tertiary alicyclic amines) is 1. The molecule has 1 saturated heterocycles. The Labute approximate surface area is 207 Å². The number of aromatic hydroxyl groups is 1. The summed E-state index contributed by atoms with van der Waals surface area (Å²) in [6.45, 7) is 9.52. The summed E-state index contributed by atoms with van der Waals surface area (Å²) in [5, 5.41) is 12.8. The van der Waals surface area contributed by atoms with Crippen molar-refractivity contribution in [3.8, 4) is 11.6 Å². The maximum Gasteiger partial charge on any atom is 0.416 e. The molecule has 1 aliphatic heterocycles. The first-order chi connectivity index (χ1) is 16.7. The first-order valence-corrected chi connectivity index (χ1v) is 11.6. The number of rotatable bonds is 5. The van der Waals surface area contributed by atoms with Gasteiger partial charge in [-0.15, -0.1) is 0 Å². The lowest BCUT2D eigenvalue weighted by atomic mass is 9.85. The van der Waals surface area contributed by atoms with Gasteiger partial charge in [0.15, 0.2) is 5.69 Å². The Hall–Kier alpha value is -3.37. The van der Waals surface area contributed by atoms with Crippen molar-refractivity contribution < 1.29 is 32.6 Å². The third kappa shape index (κ3) is 6.44. The van der Waals surface area contributed by atoms with E-state index < -0.39 is 35.0 Å². The molecule has 1 aromatic carbocycles. The second-order valence-electron chi connectivity index (χ2n) is 10.0. The topological polar surface area (TPSA) is 105 Å². The molecule has 0 aliphatic carbocycles. The molecule has 0 bridgehead atoms. The van der Waals surface area contributed by atoms with Gasteiger partial charge in [-0.25, -0.2) is 9.97 Å². The minimum absolute atomic E-state index is 0.246. The van der Waals surface area contributed by atoms with Crippen molar-refractivity contribution in [1.82, 2.24) is 20.2 Å². The number of carbonyl (C=O) groups excluding carboxylic acids is 2. The van der Waals surface area contributed by atoms with Crippen molar-refractivity contribution in [2.24, 2.45) is 5.41 Å². The summed E-state index contributed by atoms with van der Waals surface area (Å²) in [5.41, 5.74) is -0.640. The van der Waals surface area contributed by atoms with E-state index in [-0.39, 0.29) is 17.7 Å². The van der Waals surface area contributed by atoms with Crippen LogP contribution in [0.1, 0.15) is 61.1 Å². The van der Waals surface area contributed by atoms with Crippen LogP contribution in [0, 0.1) is 19.3 Å². The van der Waals surface area contributed by atoms with Crippen molar-refractivity contribution >= 4 is 11.8 Å². The van der Waals surface area contributed by atoms with Crippen molar-refractivity contribution in [3.05, 3.63) is 46.9 Å². The molecule has 2 aromatic rings. The van der Waals surface area contributed by atoms with Crippen LogP contribution in [-0.4, -0.2) is 57.0 Å². The van der Waals surface area contributed by atoms with Gasteiger partial charge in [0, 0.05) is 25.9 Å². The van der Waals surface area contributed by atoms with E-state index in [0.29, 0.717) is 43.1 Å². The van der Waals surface area contributed by atoms with E-state index in [1.165, 1.54) is 12.1 Å². The zero-order valence-electron chi connectivity index (χ0n) is 20.9. The smallest absolute Gasteiger partial charge is 0.416 e. The van der Waals surface area contributed by atoms with E-state index in [4.69, 9.17) is 4.74 Å². The molecule has 2 amide bonds. The molecular formula is C25H31F3N4O4. The zero-order valence-corrected chi connectivity index (χ0v) is 20.9. The van der Waals surface area contributed by atoms with Crippen molar-refractivity contribution in [1.29, 1.82) is 0 Å². The number of aryl methyl sites for hydroxylation is 2. The summed E-state index contributed by atoms with van der Waals surface area (Å²) < 4.78 is 44.1. The molecule has 0 radical (unpaired) electrons. The van der Waals surface area contributed by atoms with Gasteiger partial charge in [-0.05, 0) is 43.5 Å². The number of piperidine rings is 1. The number of amides is 2. The van der Waals surface area contributed by atoms with Gasteiger partial charge in [-0.3, -0.25) is 9.59 Å². The quantitative estimate of drug-likeness (QED) is 0.632. The summed E-state index contributed by atoms with van der Waals surface area (Å²) in [4.78, 5) is 35.9. The Kier molecular flexibility index (Phi) is 7.80. The molecule has 36 heavy (non-hydrogen) atoms. The first kappa shape index (κ1) is 27.2. The Morgan fingerprint density at radius 1 is 1.06 bits per heavy atom. The summed E-state index contributed by atoms with van der Waals surface area (Å²) in [6, 6.07) is 3.64. The maximum atomic E-state index is 13.4. The van der Waals surface area contributed by atoms with E-state index >= 15 is 0 Å².